The number of para-hydroxylation sites is 1. The predicted octanol–water partition coefficient (Wildman–Crippen LogP) is 6.62. The van der Waals surface area contributed by atoms with E-state index < -0.39 is 11.9 Å². The summed E-state index contributed by atoms with van der Waals surface area (Å²) in [5, 5.41) is 11.2. The summed E-state index contributed by atoms with van der Waals surface area (Å²) in [5.74, 6) is -1.13. The van der Waals surface area contributed by atoms with Gasteiger partial charge in [0.2, 0.25) is 0 Å². The van der Waals surface area contributed by atoms with Crippen molar-refractivity contribution in [1.29, 1.82) is 0 Å². The molecule has 0 radical (unpaired) electrons. The molecule has 4 rings (SSSR count). The fourth-order valence-corrected chi connectivity index (χ4v) is 4.61. The van der Waals surface area contributed by atoms with E-state index in [0.717, 1.165) is 17.3 Å². The van der Waals surface area contributed by atoms with Crippen LogP contribution in [0, 0.1) is 0 Å². The molecule has 8 heteroatoms. The molecule has 1 aliphatic heterocycles. The lowest BCUT2D eigenvalue weighted by Gasteiger charge is -2.10. The van der Waals surface area contributed by atoms with Crippen LogP contribution in [0.25, 0.3) is 6.08 Å². The van der Waals surface area contributed by atoms with E-state index in [1.807, 2.05) is 54.6 Å². The summed E-state index contributed by atoms with van der Waals surface area (Å²) in [6.07, 6.45) is 1.68. The molecule has 0 atom stereocenters. The van der Waals surface area contributed by atoms with Gasteiger partial charge in [0.25, 0.3) is 5.91 Å². The summed E-state index contributed by atoms with van der Waals surface area (Å²) in [5.41, 5.74) is 1.71. The second-order valence-corrected chi connectivity index (χ2v) is 9.01. The molecule has 0 aromatic heterocycles. The molecule has 0 saturated carbocycles. The van der Waals surface area contributed by atoms with Crippen LogP contribution in [0.5, 0.6) is 5.75 Å². The smallest absolute Gasteiger partial charge is 0.344 e. The number of thioether (sulfide) groups is 1. The molecule has 0 unspecified atom stereocenters. The van der Waals surface area contributed by atoms with Gasteiger partial charge >= 0.3 is 5.97 Å². The number of halogens is 1. The average molecular weight is 520 g/mol. The van der Waals surface area contributed by atoms with Crippen LogP contribution < -0.4 is 4.74 Å². The Bertz CT molecular complexity index is 1380. The van der Waals surface area contributed by atoms with Gasteiger partial charge in [-0.15, -0.1) is 0 Å². The number of aliphatic hydroxyl groups excluding tert-OH is 1. The van der Waals surface area contributed by atoms with Gasteiger partial charge in [0.05, 0.1) is 22.1 Å². The van der Waals surface area contributed by atoms with Crippen molar-refractivity contribution < 1.29 is 24.2 Å². The number of benzene rings is 3. The molecule has 0 bridgehead atoms. The number of ether oxygens (including phenoxy) is 2. The van der Waals surface area contributed by atoms with Crippen molar-refractivity contribution in [2.45, 2.75) is 13.5 Å². The molecular formula is C28H22ClNO5S. The van der Waals surface area contributed by atoms with Crippen LogP contribution in [0.15, 0.2) is 100 Å². The third kappa shape index (κ3) is 5.87. The van der Waals surface area contributed by atoms with Gasteiger partial charge < -0.3 is 14.6 Å². The lowest BCUT2D eigenvalue weighted by Crippen LogP contribution is -2.14. The van der Waals surface area contributed by atoms with E-state index in [1.54, 1.807) is 37.3 Å². The van der Waals surface area contributed by atoms with Crippen LogP contribution in [0.3, 0.4) is 0 Å². The molecular weight excluding hydrogens is 498 g/mol. The molecule has 1 heterocycles. The molecule has 3 aromatic carbocycles. The zero-order chi connectivity index (χ0) is 25.5. The highest BCUT2D eigenvalue weighted by Crippen LogP contribution is 2.40. The predicted molar refractivity (Wildman–Crippen MR) is 142 cm³/mol. The highest BCUT2D eigenvalue weighted by atomic mass is 35.5. The lowest BCUT2D eigenvalue weighted by molar-refractivity contribution is -0.138. The summed E-state index contributed by atoms with van der Waals surface area (Å²) >= 11 is 7.13. The number of hydrogen-bond donors (Lipinski definition) is 1. The maximum absolute atomic E-state index is 12.8. The fourth-order valence-electron chi connectivity index (χ4n) is 3.39. The first kappa shape index (κ1) is 25.3. The topological polar surface area (TPSA) is 85.2 Å². The third-order valence-electron chi connectivity index (χ3n) is 5.12. The van der Waals surface area contributed by atoms with E-state index in [1.165, 1.54) is 0 Å². The van der Waals surface area contributed by atoms with E-state index >= 15 is 0 Å². The molecule has 3 aromatic rings. The van der Waals surface area contributed by atoms with Crippen molar-refractivity contribution in [1.82, 2.24) is 0 Å². The van der Waals surface area contributed by atoms with Crippen LogP contribution in [0.2, 0.25) is 5.02 Å². The summed E-state index contributed by atoms with van der Waals surface area (Å²) in [6.45, 7) is 2.12. The normalized spacial score (nSPS) is 15.4. The number of nitrogens with zero attached hydrogens (tertiary/aromatic N) is 1. The fraction of sp³-hybridized carbons (Fsp3) is 0.107. The minimum atomic E-state index is -0.773. The highest BCUT2D eigenvalue weighted by molar-refractivity contribution is 8.18. The Hall–Kier alpha value is -3.81. The molecule has 0 saturated heterocycles. The number of aliphatic imine (C=N–C) groups is 1. The monoisotopic (exact) mass is 519 g/mol. The van der Waals surface area contributed by atoms with Gasteiger partial charge in [-0.05, 0) is 36.8 Å². The van der Waals surface area contributed by atoms with Gasteiger partial charge in [-0.2, -0.15) is 0 Å². The van der Waals surface area contributed by atoms with Crippen molar-refractivity contribution in [2.75, 3.05) is 6.61 Å². The van der Waals surface area contributed by atoms with Gasteiger partial charge in [0.15, 0.2) is 0 Å². The number of carbonyl (C=O) groups excluding carboxylic acids is 2. The lowest BCUT2D eigenvalue weighted by atomic mass is 10.1. The van der Waals surface area contributed by atoms with Gasteiger partial charge in [-0.25, -0.2) is 9.79 Å². The Morgan fingerprint density at radius 2 is 1.69 bits per heavy atom. The summed E-state index contributed by atoms with van der Waals surface area (Å²) in [7, 11) is 0. The van der Waals surface area contributed by atoms with E-state index in [4.69, 9.17) is 21.1 Å². The Morgan fingerprint density at radius 3 is 2.44 bits per heavy atom. The average Bonchev–Trinajstić information content (AvgIpc) is 3.18. The van der Waals surface area contributed by atoms with Crippen molar-refractivity contribution >= 4 is 46.4 Å². The maximum atomic E-state index is 12.8. The Kier molecular flexibility index (Phi) is 8.25. The number of rotatable bonds is 7. The second kappa shape index (κ2) is 11.7. The van der Waals surface area contributed by atoms with Crippen molar-refractivity contribution in [3.8, 4) is 5.75 Å². The van der Waals surface area contributed by atoms with Crippen LogP contribution >= 0.6 is 23.4 Å². The van der Waals surface area contributed by atoms with E-state index in [2.05, 4.69) is 4.99 Å². The molecule has 36 heavy (non-hydrogen) atoms. The minimum absolute atomic E-state index is 0.0322. The first-order valence-corrected chi connectivity index (χ1v) is 12.3. The zero-order valence-corrected chi connectivity index (χ0v) is 20.9. The molecule has 0 fully saturated rings. The van der Waals surface area contributed by atoms with Gasteiger partial charge in [-0.3, -0.25) is 4.79 Å². The summed E-state index contributed by atoms with van der Waals surface area (Å²) < 4.78 is 11.1. The van der Waals surface area contributed by atoms with E-state index in [-0.39, 0.29) is 33.6 Å². The van der Waals surface area contributed by atoms with E-state index in [9.17, 15) is 14.7 Å². The minimum Gasteiger partial charge on any atom is -0.506 e. The van der Waals surface area contributed by atoms with Crippen LogP contribution in [0.4, 0.5) is 0 Å². The van der Waals surface area contributed by atoms with Crippen LogP contribution in [-0.2, 0) is 16.1 Å². The van der Waals surface area contributed by atoms with Crippen LogP contribution in [0.1, 0.15) is 28.4 Å². The number of carbonyl (C=O) groups is 2. The second-order valence-electron chi connectivity index (χ2n) is 7.57. The molecule has 1 amide bonds. The standard InChI is InChI=1S/C28H22ClNO5S/c1-2-34-28(33)24-25(31)23(36-27(24)30-26(32)20-13-7-8-14-21(20)29)16-19-12-6-9-15-22(19)35-17-18-10-4-3-5-11-18/h3-16,31H,2,17H2,1H3/b23-16-,30-27?. The van der Waals surface area contributed by atoms with Gasteiger partial charge in [0, 0.05) is 5.56 Å². The molecule has 182 valence electrons. The number of amides is 1. The van der Waals surface area contributed by atoms with Gasteiger partial charge in [-0.1, -0.05) is 84.0 Å². The van der Waals surface area contributed by atoms with Crippen molar-refractivity contribution in [2.24, 2.45) is 4.99 Å². The number of esters is 1. The Morgan fingerprint density at radius 1 is 1.00 bits per heavy atom. The Labute approximate surface area is 217 Å². The quantitative estimate of drug-likeness (QED) is 0.353. The highest BCUT2D eigenvalue weighted by Gasteiger charge is 2.34. The third-order valence-corrected chi connectivity index (χ3v) is 6.47. The Balaban J connectivity index is 1.67. The van der Waals surface area contributed by atoms with Crippen molar-refractivity contribution in [3.63, 3.8) is 0 Å². The molecule has 0 aliphatic carbocycles. The molecule has 0 spiro atoms. The first-order valence-electron chi connectivity index (χ1n) is 11.1. The van der Waals surface area contributed by atoms with E-state index in [0.29, 0.717) is 22.8 Å². The molecule has 6 nitrogen and oxygen atoms in total. The maximum Gasteiger partial charge on any atom is 0.344 e. The summed E-state index contributed by atoms with van der Waals surface area (Å²) in [6, 6.07) is 23.6. The molecule has 1 aliphatic rings. The number of aliphatic hydroxyl groups is 1. The first-order chi connectivity index (χ1) is 17.5. The SMILES string of the molecule is CCOC(=O)C1=C(O)/C(=C/c2ccccc2OCc2ccccc2)SC1=NC(=O)c1ccccc1Cl. The van der Waals surface area contributed by atoms with Crippen molar-refractivity contribution in [3.05, 3.63) is 117 Å². The zero-order valence-electron chi connectivity index (χ0n) is 19.3. The molecule has 1 N–H and O–H groups in total. The number of hydrogen-bond acceptors (Lipinski definition) is 6. The summed E-state index contributed by atoms with van der Waals surface area (Å²) in [4.78, 5) is 29.9. The largest absolute Gasteiger partial charge is 0.506 e. The van der Waals surface area contributed by atoms with Gasteiger partial charge in [0.1, 0.15) is 28.7 Å². The van der Waals surface area contributed by atoms with Crippen LogP contribution in [-0.4, -0.2) is 28.6 Å².